The normalized spacial score (nSPS) is 14.1. The minimum absolute atomic E-state index is 0.0374. The van der Waals surface area contributed by atoms with E-state index in [1.807, 2.05) is 0 Å². The van der Waals surface area contributed by atoms with Crippen LogP contribution in [0, 0.1) is 0 Å². The van der Waals surface area contributed by atoms with Gasteiger partial charge in [0.1, 0.15) is 18.1 Å². The van der Waals surface area contributed by atoms with E-state index in [9.17, 15) is 19.2 Å². The molecule has 3 atom stereocenters. The van der Waals surface area contributed by atoms with Crippen molar-refractivity contribution in [1.29, 1.82) is 0 Å². The van der Waals surface area contributed by atoms with Crippen molar-refractivity contribution >= 4 is 36.3 Å². The number of carboxylic acids is 1. The standard InChI is InChI=1S/C14H27N5O5S/c1-8(14(23)24)17-13(22)10(7-25)19-12(21)9(4-2-3-5-15)18-11(20)6-16/h8-10,25H,2-7,15-16H2,1H3,(H,17,22)(H,18,20)(H,19,21)(H,23,24). The van der Waals surface area contributed by atoms with E-state index in [1.165, 1.54) is 6.92 Å². The summed E-state index contributed by atoms with van der Waals surface area (Å²) in [5.74, 6) is -2.99. The van der Waals surface area contributed by atoms with Gasteiger partial charge in [0, 0.05) is 5.75 Å². The van der Waals surface area contributed by atoms with E-state index in [0.717, 1.165) is 0 Å². The summed E-state index contributed by atoms with van der Waals surface area (Å²) < 4.78 is 0. The Labute approximate surface area is 151 Å². The highest BCUT2D eigenvalue weighted by molar-refractivity contribution is 7.80. The highest BCUT2D eigenvalue weighted by atomic mass is 32.1. The molecule has 144 valence electrons. The Morgan fingerprint density at radius 2 is 1.60 bits per heavy atom. The average molecular weight is 377 g/mol. The van der Waals surface area contributed by atoms with Gasteiger partial charge in [0.25, 0.3) is 0 Å². The van der Waals surface area contributed by atoms with Gasteiger partial charge in [-0.2, -0.15) is 12.6 Å². The molecular weight excluding hydrogens is 350 g/mol. The first kappa shape index (κ1) is 23.1. The van der Waals surface area contributed by atoms with E-state index in [1.54, 1.807) is 0 Å². The maximum atomic E-state index is 12.4. The number of nitrogens with two attached hydrogens (primary N) is 2. The van der Waals surface area contributed by atoms with Gasteiger partial charge in [0.2, 0.25) is 17.7 Å². The van der Waals surface area contributed by atoms with Crippen LogP contribution in [-0.4, -0.2) is 65.8 Å². The quantitative estimate of drug-likeness (QED) is 0.146. The van der Waals surface area contributed by atoms with Crippen molar-refractivity contribution in [2.75, 3.05) is 18.8 Å². The lowest BCUT2D eigenvalue weighted by atomic mass is 10.1. The highest BCUT2D eigenvalue weighted by Gasteiger charge is 2.27. The Morgan fingerprint density at radius 3 is 2.08 bits per heavy atom. The van der Waals surface area contributed by atoms with E-state index >= 15 is 0 Å². The van der Waals surface area contributed by atoms with Gasteiger partial charge in [-0.25, -0.2) is 0 Å². The van der Waals surface area contributed by atoms with Gasteiger partial charge in [0.15, 0.2) is 0 Å². The molecule has 0 aliphatic rings. The third-order valence-corrected chi connectivity index (χ3v) is 3.69. The molecule has 0 aliphatic carbocycles. The van der Waals surface area contributed by atoms with Crippen molar-refractivity contribution in [2.24, 2.45) is 11.5 Å². The van der Waals surface area contributed by atoms with Gasteiger partial charge < -0.3 is 32.5 Å². The summed E-state index contributed by atoms with van der Waals surface area (Å²) in [6.07, 6.45) is 1.61. The topological polar surface area (TPSA) is 177 Å². The van der Waals surface area contributed by atoms with Crippen LogP contribution in [0.2, 0.25) is 0 Å². The number of thiol groups is 1. The molecule has 0 bridgehead atoms. The molecular formula is C14H27N5O5S. The Kier molecular flexibility index (Phi) is 11.6. The van der Waals surface area contributed by atoms with Crippen molar-refractivity contribution in [2.45, 2.75) is 44.3 Å². The molecule has 0 saturated carbocycles. The number of carboxylic acid groups (broad SMARTS) is 1. The molecule has 25 heavy (non-hydrogen) atoms. The summed E-state index contributed by atoms with van der Waals surface area (Å²) in [4.78, 5) is 46.6. The number of hydrogen-bond donors (Lipinski definition) is 7. The van der Waals surface area contributed by atoms with Crippen LogP contribution in [0.4, 0.5) is 0 Å². The molecule has 0 radical (unpaired) electrons. The van der Waals surface area contributed by atoms with Crippen LogP contribution >= 0.6 is 12.6 Å². The van der Waals surface area contributed by atoms with E-state index in [0.29, 0.717) is 25.8 Å². The lowest BCUT2D eigenvalue weighted by Crippen LogP contribution is -2.56. The van der Waals surface area contributed by atoms with Gasteiger partial charge in [-0.05, 0) is 32.7 Å². The van der Waals surface area contributed by atoms with Crippen molar-refractivity contribution in [1.82, 2.24) is 16.0 Å². The lowest BCUT2D eigenvalue weighted by Gasteiger charge is -2.22. The van der Waals surface area contributed by atoms with Crippen molar-refractivity contribution in [3.8, 4) is 0 Å². The molecule has 10 nitrogen and oxygen atoms in total. The molecule has 0 aromatic rings. The number of unbranched alkanes of at least 4 members (excludes halogenated alkanes) is 1. The minimum atomic E-state index is -1.20. The molecule has 0 rings (SSSR count). The van der Waals surface area contributed by atoms with E-state index in [2.05, 4.69) is 28.6 Å². The largest absolute Gasteiger partial charge is 0.480 e. The number of hydrogen-bond acceptors (Lipinski definition) is 7. The number of rotatable bonds is 12. The van der Waals surface area contributed by atoms with Crippen LogP contribution < -0.4 is 27.4 Å². The van der Waals surface area contributed by atoms with Crippen LogP contribution in [0.15, 0.2) is 0 Å². The van der Waals surface area contributed by atoms with Crippen molar-refractivity contribution < 1.29 is 24.3 Å². The Bertz CT molecular complexity index is 477. The Hall–Kier alpha value is -1.85. The van der Waals surface area contributed by atoms with Gasteiger partial charge >= 0.3 is 5.97 Å². The van der Waals surface area contributed by atoms with Gasteiger partial charge in [-0.15, -0.1) is 0 Å². The average Bonchev–Trinajstić information content (AvgIpc) is 2.57. The second-order valence-corrected chi connectivity index (χ2v) is 5.79. The summed E-state index contributed by atoms with van der Waals surface area (Å²) in [7, 11) is 0. The smallest absolute Gasteiger partial charge is 0.325 e. The van der Waals surface area contributed by atoms with Crippen LogP contribution in [0.5, 0.6) is 0 Å². The summed E-state index contributed by atoms with van der Waals surface area (Å²) in [5.41, 5.74) is 10.7. The molecule has 0 fully saturated rings. The van der Waals surface area contributed by atoms with E-state index in [4.69, 9.17) is 16.6 Å². The van der Waals surface area contributed by atoms with Crippen LogP contribution in [-0.2, 0) is 19.2 Å². The minimum Gasteiger partial charge on any atom is -0.480 e. The predicted molar refractivity (Wildman–Crippen MR) is 94.9 cm³/mol. The second-order valence-electron chi connectivity index (χ2n) is 5.42. The Balaban J connectivity index is 4.86. The van der Waals surface area contributed by atoms with Crippen molar-refractivity contribution in [3.05, 3.63) is 0 Å². The summed E-state index contributed by atoms with van der Waals surface area (Å²) in [5, 5.41) is 16.0. The Morgan fingerprint density at radius 1 is 1.00 bits per heavy atom. The fourth-order valence-electron chi connectivity index (χ4n) is 1.86. The first-order valence-corrected chi connectivity index (χ1v) is 8.53. The third kappa shape index (κ3) is 9.27. The zero-order chi connectivity index (χ0) is 19.4. The third-order valence-electron chi connectivity index (χ3n) is 3.33. The van der Waals surface area contributed by atoms with Gasteiger partial charge in [0.05, 0.1) is 6.54 Å². The summed E-state index contributed by atoms with van der Waals surface area (Å²) in [6, 6.07) is -3.01. The monoisotopic (exact) mass is 377 g/mol. The number of carbonyl (C=O) groups excluding carboxylic acids is 3. The number of aliphatic carboxylic acids is 1. The van der Waals surface area contributed by atoms with E-state index < -0.39 is 41.8 Å². The maximum absolute atomic E-state index is 12.4. The fourth-order valence-corrected chi connectivity index (χ4v) is 2.11. The maximum Gasteiger partial charge on any atom is 0.325 e. The van der Waals surface area contributed by atoms with E-state index in [-0.39, 0.29) is 12.3 Å². The predicted octanol–water partition coefficient (Wildman–Crippen LogP) is -2.44. The number of nitrogens with one attached hydrogen (secondary N) is 3. The molecule has 0 spiro atoms. The summed E-state index contributed by atoms with van der Waals surface area (Å²) in [6.45, 7) is 1.48. The molecule has 0 aromatic heterocycles. The highest BCUT2D eigenvalue weighted by Crippen LogP contribution is 2.02. The molecule has 0 saturated heterocycles. The molecule has 11 heteroatoms. The van der Waals surface area contributed by atoms with Crippen LogP contribution in [0.25, 0.3) is 0 Å². The van der Waals surface area contributed by atoms with Crippen molar-refractivity contribution in [3.63, 3.8) is 0 Å². The first-order chi connectivity index (χ1) is 11.8. The number of amides is 3. The summed E-state index contributed by atoms with van der Waals surface area (Å²) >= 11 is 4.00. The SMILES string of the molecule is CC(NC(=O)C(CS)NC(=O)C(CCCCN)NC(=O)CN)C(=O)O. The van der Waals surface area contributed by atoms with Gasteiger partial charge in [-0.3, -0.25) is 19.2 Å². The molecule has 3 amide bonds. The fraction of sp³-hybridized carbons (Fsp3) is 0.714. The lowest BCUT2D eigenvalue weighted by molar-refractivity contribution is -0.141. The molecule has 3 unspecified atom stereocenters. The van der Waals surface area contributed by atoms with Crippen LogP contribution in [0.3, 0.4) is 0 Å². The molecule has 8 N–H and O–H groups in total. The molecule has 0 aliphatic heterocycles. The zero-order valence-corrected chi connectivity index (χ0v) is 15.1. The number of carbonyl (C=O) groups is 4. The van der Waals surface area contributed by atoms with Crippen LogP contribution in [0.1, 0.15) is 26.2 Å². The first-order valence-electron chi connectivity index (χ1n) is 7.90. The molecule has 0 aromatic carbocycles. The zero-order valence-electron chi connectivity index (χ0n) is 14.2. The van der Waals surface area contributed by atoms with Gasteiger partial charge in [-0.1, -0.05) is 0 Å². The molecule has 0 heterocycles. The second kappa shape index (κ2) is 12.5.